The molecule has 1 atom stereocenters. The normalized spacial score (nSPS) is 15.8. The van der Waals surface area contributed by atoms with Gasteiger partial charge in [-0.2, -0.15) is 4.98 Å². The Morgan fingerprint density at radius 1 is 0.969 bits per heavy atom. The van der Waals surface area contributed by atoms with Crippen molar-refractivity contribution in [2.75, 3.05) is 26.2 Å². The number of amides is 1. The fourth-order valence-corrected chi connectivity index (χ4v) is 3.92. The van der Waals surface area contributed by atoms with Crippen molar-refractivity contribution in [3.8, 4) is 11.4 Å². The lowest BCUT2D eigenvalue weighted by Gasteiger charge is -2.36. The highest BCUT2D eigenvalue weighted by atomic mass is 16.5. The van der Waals surface area contributed by atoms with Crippen LogP contribution in [0.5, 0.6) is 0 Å². The second kappa shape index (κ2) is 8.47. The van der Waals surface area contributed by atoms with Crippen LogP contribution in [0.2, 0.25) is 0 Å². The molecule has 0 radical (unpaired) electrons. The standard InChI is InChI=1S/C24H24N6O2/c1-16-7-9-18(10-8-16)22-27-23(32-28-22)17(2)29-11-13-30(14-12-29)24(31)21-15-25-19-5-3-4-6-20(19)26-21/h3-10,15,17H,11-14H2,1-2H3/t17-/m0/s1. The number of hydrogen-bond donors (Lipinski definition) is 0. The summed E-state index contributed by atoms with van der Waals surface area (Å²) < 4.78 is 5.55. The monoisotopic (exact) mass is 428 g/mol. The summed E-state index contributed by atoms with van der Waals surface area (Å²) in [5, 5.41) is 4.15. The van der Waals surface area contributed by atoms with E-state index in [0.29, 0.717) is 30.5 Å². The van der Waals surface area contributed by atoms with Gasteiger partial charge in [-0.15, -0.1) is 0 Å². The Balaban J connectivity index is 1.23. The number of rotatable bonds is 4. The molecule has 0 spiro atoms. The van der Waals surface area contributed by atoms with Crippen molar-refractivity contribution in [3.05, 3.63) is 71.9 Å². The van der Waals surface area contributed by atoms with Crippen LogP contribution in [0.4, 0.5) is 0 Å². The van der Waals surface area contributed by atoms with E-state index >= 15 is 0 Å². The highest BCUT2D eigenvalue weighted by Crippen LogP contribution is 2.24. The Bertz CT molecular complexity index is 1240. The molecule has 4 aromatic rings. The van der Waals surface area contributed by atoms with E-state index < -0.39 is 0 Å². The molecule has 0 N–H and O–H groups in total. The number of nitrogens with zero attached hydrogens (tertiary/aromatic N) is 6. The summed E-state index contributed by atoms with van der Waals surface area (Å²) in [6.45, 7) is 6.75. The predicted octanol–water partition coefficient (Wildman–Crippen LogP) is 3.51. The number of hydrogen-bond acceptors (Lipinski definition) is 7. The molecule has 0 saturated carbocycles. The second-order valence-electron chi connectivity index (χ2n) is 8.07. The highest BCUT2D eigenvalue weighted by molar-refractivity contribution is 5.93. The van der Waals surface area contributed by atoms with E-state index in [1.807, 2.05) is 60.4 Å². The van der Waals surface area contributed by atoms with E-state index in [-0.39, 0.29) is 11.9 Å². The van der Waals surface area contributed by atoms with Gasteiger partial charge in [-0.05, 0) is 26.0 Å². The fourth-order valence-electron chi connectivity index (χ4n) is 3.92. The number of carbonyl (C=O) groups is 1. The zero-order valence-corrected chi connectivity index (χ0v) is 18.1. The number of aromatic nitrogens is 4. The molecule has 8 heteroatoms. The molecule has 1 aliphatic rings. The van der Waals surface area contributed by atoms with Crippen molar-refractivity contribution in [3.63, 3.8) is 0 Å². The van der Waals surface area contributed by atoms with E-state index in [1.54, 1.807) is 6.20 Å². The quantitative estimate of drug-likeness (QED) is 0.491. The maximum absolute atomic E-state index is 12.9. The Kier molecular flexibility index (Phi) is 5.36. The van der Waals surface area contributed by atoms with Crippen molar-refractivity contribution in [1.29, 1.82) is 0 Å². The lowest BCUT2D eigenvalue weighted by molar-refractivity contribution is 0.0546. The minimum Gasteiger partial charge on any atom is -0.337 e. The van der Waals surface area contributed by atoms with Crippen molar-refractivity contribution < 1.29 is 9.32 Å². The van der Waals surface area contributed by atoms with Gasteiger partial charge >= 0.3 is 0 Å². The predicted molar refractivity (Wildman–Crippen MR) is 120 cm³/mol. The molecule has 32 heavy (non-hydrogen) atoms. The third kappa shape index (κ3) is 3.97. The first-order valence-electron chi connectivity index (χ1n) is 10.7. The largest absolute Gasteiger partial charge is 0.337 e. The van der Waals surface area contributed by atoms with Gasteiger partial charge in [0.1, 0.15) is 5.69 Å². The smallest absolute Gasteiger partial charge is 0.274 e. The number of carbonyl (C=O) groups excluding carboxylic acids is 1. The maximum Gasteiger partial charge on any atom is 0.274 e. The van der Waals surface area contributed by atoms with Crippen LogP contribution >= 0.6 is 0 Å². The molecule has 1 amide bonds. The van der Waals surface area contributed by atoms with Crippen LogP contribution in [0.15, 0.2) is 59.3 Å². The molecule has 5 rings (SSSR count). The maximum atomic E-state index is 12.9. The van der Waals surface area contributed by atoms with Gasteiger partial charge in [0.2, 0.25) is 11.7 Å². The number of fused-ring (bicyclic) bond motifs is 1. The highest BCUT2D eigenvalue weighted by Gasteiger charge is 2.28. The molecule has 0 bridgehead atoms. The first-order valence-corrected chi connectivity index (χ1v) is 10.7. The van der Waals surface area contributed by atoms with Crippen LogP contribution in [0.1, 0.15) is 34.9 Å². The summed E-state index contributed by atoms with van der Waals surface area (Å²) in [5.41, 5.74) is 4.01. The van der Waals surface area contributed by atoms with Gasteiger partial charge in [0.15, 0.2) is 0 Å². The average Bonchev–Trinajstić information content (AvgIpc) is 3.34. The molecule has 8 nitrogen and oxygen atoms in total. The van der Waals surface area contributed by atoms with Gasteiger partial charge in [-0.3, -0.25) is 14.7 Å². The van der Waals surface area contributed by atoms with Gasteiger partial charge in [0.25, 0.3) is 5.91 Å². The Morgan fingerprint density at radius 3 is 2.44 bits per heavy atom. The Hall–Kier alpha value is -3.65. The number of benzene rings is 2. The van der Waals surface area contributed by atoms with Crippen molar-refractivity contribution >= 4 is 16.9 Å². The molecule has 2 aromatic heterocycles. The minimum atomic E-state index is -0.0880. The van der Waals surface area contributed by atoms with E-state index in [1.165, 1.54) is 5.56 Å². The second-order valence-corrected chi connectivity index (χ2v) is 8.07. The van der Waals surface area contributed by atoms with Crippen LogP contribution in [0.3, 0.4) is 0 Å². The van der Waals surface area contributed by atoms with Gasteiger partial charge in [0, 0.05) is 31.7 Å². The average molecular weight is 428 g/mol. The first kappa shape index (κ1) is 20.3. The van der Waals surface area contributed by atoms with Crippen LogP contribution in [-0.4, -0.2) is 62.0 Å². The van der Waals surface area contributed by atoms with Crippen molar-refractivity contribution in [1.82, 2.24) is 29.9 Å². The third-order valence-electron chi connectivity index (χ3n) is 5.93. The Morgan fingerprint density at radius 2 is 1.69 bits per heavy atom. The van der Waals surface area contributed by atoms with Crippen LogP contribution in [0, 0.1) is 6.92 Å². The topological polar surface area (TPSA) is 88.3 Å². The molecule has 2 aromatic carbocycles. The zero-order chi connectivity index (χ0) is 22.1. The van der Waals surface area contributed by atoms with E-state index in [0.717, 1.165) is 29.7 Å². The van der Waals surface area contributed by atoms with E-state index in [2.05, 4.69) is 31.9 Å². The summed E-state index contributed by atoms with van der Waals surface area (Å²) in [6, 6.07) is 15.6. The fraction of sp³-hybridized carbons (Fsp3) is 0.292. The zero-order valence-electron chi connectivity index (χ0n) is 18.1. The molecule has 162 valence electrons. The number of aryl methyl sites for hydroxylation is 1. The van der Waals surface area contributed by atoms with E-state index in [4.69, 9.17) is 4.52 Å². The summed E-state index contributed by atoms with van der Waals surface area (Å²) in [7, 11) is 0. The summed E-state index contributed by atoms with van der Waals surface area (Å²) in [6.07, 6.45) is 1.56. The molecular formula is C24H24N6O2. The van der Waals surface area contributed by atoms with Gasteiger partial charge in [-0.1, -0.05) is 47.1 Å². The molecule has 3 heterocycles. The summed E-state index contributed by atoms with van der Waals surface area (Å²) >= 11 is 0. The van der Waals surface area contributed by atoms with E-state index in [9.17, 15) is 4.79 Å². The molecule has 1 saturated heterocycles. The first-order chi connectivity index (χ1) is 15.6. The molecule has 0 aliphatic carbocycles. The van der Waals surface area contributed by atoms with Crippen molar-refractivity contribution in [2.45, 2.75) is 19.9 Å². The Labute approximate surface area is 185 Å². The van der Waals surface area contributed by atoms with Gasteiger partial charge < -0.3 is 9.42 Å². The third-order valence-corrected chi connectivity index (χ3v) is 5.93. The summed E-state index contributed by atoms with van der Waals surface area (Å²) in [4.78, 5) is 30.5. The number of para-hydroxylation sites is 2. The lowest BCUT2D eigenvalue weighted by atomic mass is 10.1. The van der Waals surface area contributed by atoms with Crippen molar-refractivity contribution in [2.24, 2.45) is 0 Å². The van der Waals surface area contributed by atoms with Crippen LogP contribution in [0.25, 0.3) is 22.4 Å². The molecule has 1 aliphatic heterocycles. The van der Waals surface area contributed by atoms with Crippen LogP contribution in [-0.2, 0) is 0 Å². The van der Waals surface area contributed by atoms with Gasteiger partial charge in [-0.25, -0.2) is 4.98 Å². The number of piperazine rings is 1. The molecular weight excluding hydrogens is 404 g/mol. The minimum absolute atomic E-state index is 0.0283. The molecule has 0 unspecified atom stereocenters. The van der Waals surface area contributed by atoms with Crippen LogP contribution < -0.4 is 0 Å². The summed E-state index contributed by atoms with van der Waals surface area (Å²) in [5.74, 6) is 1.09. The lowest BCUT2D eigenvalue weighted by Crippen LogP contribution is -2.49. The molecule has 1 fully saturated rings. The van der Waals surface area contributed by atoms with Gasteiger partial charge in [0.05, 0.1) is 23.3 Å². The SMILES string of the molecule is Cc1ccc(-c2noc([C@H](C)N3CCN(C(=O)c4cnc5ccccc5n4)CC3)n2)cc1.